The molecule has 1 aliphatic rings. The van der Waals surface area contributed by atoms with Gasteiger partial charge in [-0.15, -0.1) is 0 Å². The summed E-state index contributed by atoms with van der Waals surface area (Å²) in [5.41, 5.74) is 2.34. The number of carbonyl (C=O) groups excluding carboxylic acids is 2. The number of benzene rings is 2. The maximum Gasteiger partial charge on any atom is 0.339 e. The number of ether oxygens (including phenoxy) is 1. The molecule has 0 bridgehead atoms. The Labute approximate surface area is 184 Å². The van der Waals surface area contributed by atoms with Crippen molar-refractivity contribution >= 4 is 37.8 Å². The van der Waals surface area contributed by atoms with Crippen LogP contribution in [-0.2, 0) is 32.5 Å². The van der Waals surface area contributed by atoms with Crippen molar-refractivity contribution in [3.05, 3.63) is 63.6 Å². The maximum atomic E-state index is 12.5. The van der Waals surface area contributed by atoms with E-state index in [2.05, 4.69) is 20.7 Å². The summed E-state index contributed by atoms with van der Waals surface area (Å²) in [5, 5.41) is 0. The van der Waals surface area contributed by atoms with Gasteiger partial charge < -0.3 is 9.64 Å². The number of rotatable bonds is 6. The third-order valence-electron chi connectivity index (χ3n) is 4.67. The van der Waals surface area contributed by atoms with Gasteiger partial charge in [-0.2, -0.15) is 0 Å². The number of hydrogen-bond acceptors (Lipinski definition) is 5. The molecule has 0 spiro atoms. The van der Waals surface area contributed by atoms with Crippen molar-refractivity contribution in [2.24, 2.45) is 0 Å². The summed E-state index contributed by atoms with van der Waals surface area (Å²) in [7, 11) is -3.76. The molecule has 0 saturated carbocycles. The summed E-state index contributed by atoms with van der Waals surface area (Å²) in [6.07, 6.45) is 0.754. The van der Waals surface area contributed by atoms with Crippen molar-refractivity contribution < 1.29 is 22.7 Å². The first-order valence-corrected chi connectivity index (χ1v) is 11.8. The summed E-state index contributed by atoms with van der Waals surface area (Å²) >= 11 is 3.24. The van der Waals surface area contributed by atoms with Crippen LogP contribution in [0.4, 0.5) is 0 Å². The van der Waals surface area contributed by atoms with Crippen LogP contribution in [0.1, 0.15) is 35.3 Å². The molecule has 1 aliphatic heterocycles. The summed E-state index contributed by atoms with van der Waals surface area (Å²) in [6, 6.07) is 11.7. The molecule has 9 heteroatoms. The number of fused-ring (bicyclic) bond motifs is 1. The van der Waals surface area contributed by atoms with Crippen LogP contribution < -0.4 is 4.72 Å². The van der Waals surface area contributed by atoms with Gasteiger partial charge in [0.1, 0.15) is 0 Å². The van der Waals surface area contributed by atoms with Crippen molar-refractivity contribution in [1.82, 2.24) is 9.62 Å². The Balaban J connectivity index is 1.66. The van der Waals surface area contributed by atoms with Crippen LogP contribution in [-0.4, -0.2) is 44.4 Å². The van der Waals surface area contributed by atoms with Crippen LogP contribution >= 0.6 is 15.9 Å². The molecule has 1 amide bonds. The lowest BCUT2D eigenvalue weighted by Crippen LogP contribution is -2.38. The van der Waals surface area contributed by atoms with Crippen molar-refractivity contribution in [1.29, 1.82) is 0 Å². The highest BCUT2D eigenvalue weighted by Gasteiger charge is 2.23. The molecule has 30 heavy (non-hydrogen) atoms. The van der Waals surface area contributed by atoms with Crippen molar-refractivity contribution in [2.75, 3.05) is 13.2 Å². The molecule has 160 valence electrons. The number of amides is 1. The molecule has 1 N–H and O–H groups in total. The van der Waals surface area contributed by atoms with E-state index in [0.29, 0.717) is 17.6 Å². The standard InChI is InChI=1S/C21H23BrN2O5S/c1-14(2)23-30(27,28)17-7-8-19(22)18(11-17)21(26)29-13-20(25)24-10-9-15-5-3-4-6-16(15)12-24/h3-8,11,14,23H,9-10,12-13H2,1-2H3. The number of hydrogen-bond donors (Lipinski definition) is 1. The maximum absolute atomic E-state index is 12.5. The average Bonchev–Trinajstić information content (AvgIpc) is 2.70. The van der Waals surface area contributed by atoms with Crippen LogP contribution in [0.25, 0.3) is 0 Å². The van der Waals surface area contributed by atoms with Gasteiger partial charge in [0.2, 0.25) is 10.0 Å². The first-order valence-electron chi connectivity index (χ1n) is 9.51. The predicted molar refractivity (Wildman–Crippen MR) is 115 cm³/mol. The molecule has 0 aromatic heterocycles. The number of sulfonamides is 1. The number of esters is 1. The highest BCUT2D eigenvalue weighted by molar-refractivity contribution is 9.10. The molecule has 1 heterocycles. The van der Waals surface area contributed by atoms with E-state index in [1.807, 2.05) is 24.3 Å². The third-order valence-corrected chi connectivity index (χ3v) is 7.02. The summed E-state index contributed by atoms with van der Waals surface area (Å²) in [4.78, 5) is 26.6. The van der Waals surface area contributed by atoms with Gasteiger partial charge in [-0.25, -0.2) is 17.9 Å². The van der Waals surface area contributed by atoms with E-state index in [-0.39, 0.29) is 22.4 Å². The van der Waals surface area contributed by atoms with Crippen LogP contribution in [0.15, 0.2) is 51.8 Å². The Morgan fingerprint density at radius 1 is 1.17 bits per heavy atom. The average molecular weight is 495 g/mol. The molecule has 2 aromatic rings. The molecule has 2 aromatic carbocycles. The van der Waals surface area contributed by atoms with Crippen molar-refractivity contribution in [3.8, 4) is 0 Å². The van der Waals surface area contributed by atoms with Crippen LogP contribution in [0, 0.1) is 0 Å². The van der Waals surface area contributed by atoms with Gasteiger partial charge in [-0.1, -0.05) is 24.3 Å². The first kappa shape index (κ1) is 22.5. The van der Waals surface area contributed by atoms with E-state index >= 15 is 0 Å². The van der Waals surface area contributed by atoms with Gasteiger partial charge in [-0.05, 0) is 65.5 Å². The monoisotopic (exact) mass is 494 g/mol. The summed E-state index contributed by atoms with van der Waals surface area (Å²) < 4.78 is 32.8. The molecule has 0 unspecified atom stereocenters. The van der Waals surface area contributed by atoms with Crippen LogP contribution in [0.3, 0.4) is 0 Å². The fraction of sp³-hybridized carbons (Fsp3) is 0.333. The minimum absolute atomic E-state index is 0.0402. The van der Waals surface area contributed by atoms with Gasteiger partial charge in [0.15, 0.2) is 6.61 Å². The molecule has 0 aliphatic carbocycles. The Kier molecular flexibility index (Phi) is 6.95. The second-order valence-electron chi connectivity index (χ2n) is 7.33. The Morgan fingerprint density at radius 3 is 2.57 bits per heavy atom. The highest BCUT2D eigenvalue weighted by atomic mass is 79.9. The third kappa shape index (κ3) is 5.27. The van der Waals surface area contributed by atoms with E-state index in [1.165, 1.54) is 23.8 Å². The molecule has 0 radical (unpaired) electrons. The van der Waals surface area contributed by atoms with E-state index in [4.69, 9.17) is 4.74 Å². The molecule has 3 rings (SSSR count). The lowest BCUT2D eigenvalue weighted by molar-refractivity contribution is -0.135. The van der Waals surface area contributed by atoms with Gasteiger partial charge >= 0.3 is 5.97 Å². The van der Waals surface area contributed by atoms with Crippen molar-refractivity contribution in [2.45, 2.75) is 37.8 Å². The van der Waals surface area contributed by atoms with Gasteiger partial charge in [0, 0.05) is 23.6 Å². The van der Waals surface area contributed by atoms with E-state index < -0.39 is 22.6 Å². The molecule has 0 atom stereocenters. The first-order chi connectivity index (χ1) is 14.2. The lowest BCUT2D eigenvalue weighted by Gasteiger charge is -2.28. The SMILES string of the molecule is CC(C)NS(=O)(=O)c1ccc(Br)c(C(=O)OCC(=O)N2CCc3ccccc3C2)c1. The fourth-order valence-corrected chi connectivity index (χ4v) is 4.90. The van der Waals surface area contributed by atoms with E-state index in [9.17, 15) is 18.0 Å². The normalized spacial score (nSPS) is 13.8. The largest absolute Gasteiger partial charge is 0.452 e. The quantitative estimate of drug-likeness (QED) is 0.623. The molecular weight excluding hydrogens is 472 g/mol. The molecule has 0 fully saturated rings. The minimum Gasteiger partial charge on any atom is -0.452 e. The zero-order valence-corrected chi connectivity index (χ0v) is 19.1. The number of nitrogens with zero attached hydrogens (tertiary/aromatic N) is 1. The zero-order chi connectivity index (χ0) is 21.9. The summed E-state index contributed by atoms with van der Waals surface area (Å²) in [6.45, 7) is 4.04. The number of carbonyl (C=O) groups is 2. The van der Waals surface area contributed by atoms with Crippen molar-refractivity contribution in [3.63, 3.8) is 0 Å². The van der Waals surface area contributed by atoms with E-state index in [1.54, 1.807) is 18.7 Å². The Bertz CT molecular complexity index is 1070. The van der Waals surface area contributed by atoms with Gasteiger partial charge in [-0.3, -0.25) is 4.79 Å². The Hall–Kier alpha value is -2.23. The van der Waals surface area contributed by atoms with Gasteiger partial charge in [0.25, 0.3) is 5.91 Å². The minimum atomic E-state index is -3.76. The van der Waals surface area contributed by atoms with Crippen LogP contribution in [0.2, 0.25) is 0 Å². The second kappa shape index (κ2) is 9.28. The van der Waals surface area contributed by atoms with Crippen LogP contribution in [0.5, 0.6) is 0 Å². The highest BCUT2D eigenvalue weighted by Crippen LogP contribution is 2.23. The van der Waals surface area contributed by atoms with Gasteiger partial charge in [0.05, 0.1) is 10.5 Å². The smallest absolute Gasteiger partial charge is 0.339 e. The predicted octanol–water partition coefficient (Wildman–Crippen LogP) is 2.88. The lowest BCUT2D eigenvalue weighted by atomic mass is 10.00. The Morgan fingerprint density at radius 2 is 1.87 bits per heavy atom. The summed E-state index contributed by atoms with van der Waals surface area (Å²) in [5.74, 6) is -1.06. The molecule has 0 saturated heterocycles. The molecule has 7 nitrogen and oxygen atoms in total. The zero-order valence-electron chi connectivity index (χ0n) is 16.7. The fourth-order valence-electron chi connectivity index (χ4n) is 3.21. The topological polar surface area (TPSA) is 92.8 Å². The number of nitrogens with one attached hydrogen (secondary N) is 1. The second-order valence-corrected chi connectivity index (χ2v) is 9.90. The number of halogens is 1. The molecular formula is C21H23BrN2O5S. The van der Waals surface area contributed by atoms with E-state index in [0.717, 1.165) is 12.0 Å².